The van der Waals surface area contributed by atoms with Crippen LogP contribution in [-0.2, 0) is 24.2 Å². The van der Waals surface area contributed by atoms with Gasteiger partial charge in [0, 0.05) is 37.9 Å². The molecular formula is C22H28N4O. The van der Waals surface area contributed by atoms with Crippen molar-refractivity contribution in [3.63, 3.8) is 0 Å². The topological polar surface area (TPSA) is 41.4 Å². The third-order valence-electron chi connectivity index (χ3n) is 6.68. The highest BCUT2D eigenvalue weighted by molar-refractivity contribution is 5.76. The van der Waals surface area contributed by atoms with Gasteiger partial charge in [0.2, 0.25) is 5.91 Å². The van der Waals surface area contributed by atoms with Gasteiger partial charge >= 0.3 is 0 Å². The summed E-state index contributed by atoms with van der Waals surface area (Å²) in [6.07, 6.45) is 6.63. The highest BCUT2D eigenvalue weighted by atomic mass is 16.2. The van der Waals surface area contributed by atoms with Crippen LogP contribution in [0.4, 0.5) is 0 Å². The molecule has 1 aromatic heterocycles. The van der Waals surface area contributed by atoms with E-state index in [4.69, 9.17) is 0 Å². The van der Waals surface area contributed by atoms with Crippen LogP contribution < -0.4 is 0 Å². The molecule has 0 saturated carbocycles. The van der Waals surface area contributed by atoms with Crippen LogP contribution in [0.1, 0.15) is 29.7 Å². The number of piperidine rings is 1. The van der Waals surface area contributed by atoms with Crippen molar-refractivity contribution in [2.45, 2.75) is 51.2 Å². The predicted molar refractivity (Wildman–Crippen MR) is 104 cm³/mol. The Hall–Kier alpha value is -2.14. The van der Waals surface area contributed by atoms with Gasteiger partial charge in [0.25, 0.3) is 0 Å². The first-order chi connectivity index (χ1) is 13.2. The summed E-state index contributed by atoms with van der Waals surface area (Å²) < 4.78 is 1.78. The summed E-state index contributed by atoms with van der Waals surface area (Å²) in [5.41, 5.74) is 3.99. The Morgan fingerprint density at radius 2 is 1.81 bits per heavy atom. The number of hydrogen-bond donors (Lipinski definition) is 0. The Morgan fingerprint density at radius 1 is 1.04 bits per heavy atom. The molecule has 0 spiro atoms. The molecule has 4 heterocycles. The minimum atomic E-state index is 0.226. The molecule has 1 aliphatic carbocycles. The number of amides is 1. The minimum absolute atomic E-state index is 0.226. The lowest BCUT2D eigenvalue weighted by molar-refractivity contribution is -0.136. The molecule has 2 unspecified atom stereocenters. The maximum absolute atomic E-state index is 13.0. The van der Waals surface area contributed by atoms with Gasteiger partial charge in [-0.2, -0.15) is 5.10 Å². The Morgan fingerprint density at radius 3 is 2.52 bits per heavy atom. The molecule has 4 aliphatic rings. The number of carbonyl (C=O) groups excluding carboxylic acids is 1. The lowest BCUT2D eigenvalue weighted by Crippen LogP contribution is -2.49. The number of nitrogens with zero attached hydrogens (tertiary/aromatic N) is 4. The van der Waals surface area contributed by atoms with Crippen molar-refractivity contribution in [2.24, 2.45) is 5.92 Å². The standard InChI is InChI=1S/C22H28N4O/c1-16-8-9-25(23-16)15-22(27)26-13-17-6-7-20(26)14-24(12-17)21-10-18-4-2-3-5-19(18)11-21/h2-5,8-9,17,20-21H,6-7,10-15H2,1H3. The van der Waals surface area contributed by atoms with Crippen LogP contribution in [0.5, 0.6) is 0 Å². The Bertz CT molecular complexity index is 819. The number of carbonyl (C=O) groups is 1. The first-order valence-corrected chi connectivity index (χ1v) is 10.3. The zero-order valence-electron chi connectivity index (χ0n) is 16.1. The zero-order valence-corrected chi connectivity index (χ0v) is 16.1. The molecule has 2 atom stereocenters. The van der Waals surface area contributed by atoms with Crippen LogP contribution in [0.15, 0.2) is 36.5 Å². The van der Waals surface area contributed by atoms with Crippen molar-refractivity contribution in [1.82, 2.24) is 19.6 Å². The van der Waals surface area contributed by atoms with Crippen molar-refractivity contribution in [3.8, 4) is 0 Å². The van der Waals surface area contributed by atoms with Gasteiger partial charge in [0.15, 0.2) is 0 Å². The van der Waals surface area contributed by atoms with Crippen molar-refractivity contribution in [3.05, 3.63) is 53.3 Å². The van der Waals surface area contributed by atoms with E-state index in [1.165, 1.54) is 17.5 Å². The van der Waals surface area contributed by atoms with Gasteiger partial charge in [-0.15, -0.1) is 0 Å². The molecule has 0 radical (unpaired) electrons. The van der Waals surface area contributed by atoms with Crippen molar-refractivity contribution < 1.29 is 4.79 Å². The van der Waals surface area contributed by atoms with Gasteiger partial charge in [-0.1, -0.05) is 24.3 Å². The lowest BCUT2D eigenvalue weighted by Gasteiger charge is -2.36. The molecule has 0 N–H and O–H groups in total. The van der Waals surface area contributed by atoms with Crippen molar-refractivity contribution >= 4 is 5.91 Å². The van der Waals surface area contributed by atoms with Crippen molar-refractivity contribution in [1.29, 1.82) is 0 Å². The van der Waals surface area contributed by atoms with Crippen LogP contribution in [0.2, 0.25) is 0 Å². The average molecular weight is 364 g/mol. The van der Waals surface area contributed by atoms with Gasteiger partial charge in [0.05, 0.1) is 5.69 Å². The molecule has 142 valence electrons. The number of rotatable bonds is 3. The third-order valence-corrected chi connectivity index (χ3v) is 6.68. The van der Waals surface area contributed by atoms with E-state index in [0.717, 1.165) is 44.6 Å². The summed E-state index contributed by atoms with van der Waals surface area (Å²) in [5, 5.41) is 4.39. The van der Waals surface area contributed by atoms with Gasteiger partial charge in [0.1, 0.15) is 6.54 Å². The fourth-order valence-corrected chi connectivity index (χ4v) is 5.30. The number of aromatic nitrogens is 2. The predicted octanol–water partition coefficient (Wildman–Crippen LogP) is 2.28. The second kappa shape index (κ2) is 6.79. The normalized spacial score (nSPS) is 25.6. The first-order valence-electron chi connectivity index (χ1n) is 10.3. The second-order valence-electron chi connectivity index (χ2n) is 8.58. The van der Waals surface area contributed by atoms with E-state index in [0.29, 0.717) is 24.5 Å². The summed E-state index contributed by atoms with van der Waals surface area (Å²) in [6, 6.07) is 11.8. The maximum Gasteiger partial charge on any atom is 0.244 e. The molecule has 1 aromatic carbocycles. The minimum Gasteiger partial charge on any atom is -0.336 e. The van der Waals surface area contributed by atoms with Crippen molar-refractivity contribution in [2.75, 3.05) is 19.6 Å². The molecule has 2 bridgehead atoms. The quantitative estimate of drug-likeness (QED) is 0.839. The summed E-state index contributed by atoms with van der Waals surface area (Å²) in [7, 11) is 0. The van der Waals surface area contributed by atoms with Gasteiger partial charge < -0.3 is 4.90 Å². The van der Waals surface area contributed by atoms with Crippen LogP contribution >= 0.6 is 0 Å². The van der Waals surface area contributed by atoms with E-state index in [1.807, 2.05) is 19.2 Å². The van der Waals surface area contributed by atoms with E-state index in [-0.39, 0.29) is 5.91 Å². The van der Waals surface area contributed by atoms with Crippen LogP contribution in [0.25, 0.3) is 0 Å². The fourth-order valence-electron chi connectivity index (χ4n) is 5.30. The van der Waals surface area contributed by atoms with Crippen LogP contribution in [0.3, 0.4) is 0 Å². The second-order valence-corrected chi connectivity index (χ2v) is 8.58. The van der Waals surface area contributed by atoms with Crippen LogP contribution in [-0.4, -0.2) is 57.2 Å². The average Bonchev–Trinajstić information content (AvgIpc) is 3.16. The van der Waals surface area contributed by atoms with Gasteiger partial charge in [-0.25, -0.2) is 0 Å². The molecule has 3 aliphatic heterocycles. The number of hydrogen-bond acceptors (Lipinski definition) is 3. The molecule has 3 saturated heterocycles. The Kier molecular flexibility index (Phi) is 4.27. The third kappa shape index (κ3) is 3.29. The molecule has 6 rings (SSSR count). The lowest BCUT2D eigenvalue weighted by atomic mass is 9.95. The zero-order chi connectivity index (χ0) is 18.4. The fraction of sp³-hybridized carbons (Fsp3) is 0.545. The smallest absolute Gasteiger partial charge is 0.244 e. The van der Waals surface area contributed by atoms with Crippen LogP contribution in [0, 0.1) is 12.8 Å². The van der Waals surface area contributed by atoms with E-state index < -0.39 is 0 Å². The largest absolute Gasteiger partial charge is 0.336 e. The maximum atomic E-state index is 13.0. The molecule has 5 heteroatoms. The molecule has 5 nitrogen and oxygen atoms in total. The number of fused-ring (bicyclic) bond motifs is 5. The highest BCUT2D eigenvalue weighted by Gasteiger charge is 2.40. The summed E-state index contributed by atoms with van der Waals surface area (Å²) in [4.78, 5) is 17.8. The van der Waals surface area contributed by atoms with E-state index in [2.05, 4.69) is 39.2 Å². The van der Waals surface area contributed by atoms with Gasteiger partial charge in [-0.3, -0.25) is 14.4 Å². The van der Waals surface area contributed by atoms with E-state index in [1.54, 1.807) is 4.68 Å². The first kappa shape index (κ1) is 17.0. The monoisotopic (exact) mass is 364 g/mol. The molecule has 2 aromatic rings. The number of aryl methyl sites for hydroxylation is 1. The van der Waals surface area contributed by atoms with Gasteiger partial charge in [-0.05, 0) is 55.7 Å². The SMILES string of the molecule is Cc1ccn(CC(=O)N2CC3CCC2CN(C2Cc4ccccc4C2)C3)n1. The Balaban J connectivity index is 1.28. The van der Waals surface area contributed by atoms with E-state index >= 15 is 0 Å². The summed E-state index contributed by atoms with van der Waals surface area (Å²) in [5.74, 6) is 0.833. The highest BCUT2D eigenvalue weighted by Crippen LogP contribution is 2.33. The molecular weight excluding hydrogens is 336 g/mol. The molecule has 3 fully saturated rings. The summed E-state index contributed by atoms with van der Waals surface area (Å²) >= 11 is 0. The van der Waals surface area contributed by atoms with E-state index in [9.17, 15) is 4.79 Å². The molecule has 27 heavy (non-hydrogen) atoms. The summed E-state index contributed by atoms with van der Waals surface area (Å²) in [6.45, 7) is 5.41. The number of benzene rings is 1. The Labute approximate surface area is 161 Å². The molecule has 1 amide bonds.